The van der Waals surface area contributed by atoms with Crippen LogP contribution in [0.3, 0.4) is 0 Å². The molecule has 3 nitrogen and oxygen atoms in total. The molecular weight excluding hydrogens is 262 g/mol. The monoisotopic (exact) mass is 284 g/mol. The van der Waals surface area contributed by atoms with Crippen LogP contribution in [0.25, 0.3) is 0 Å². The van der Waals surface area contributed by atoms with Crippen LogP contribution in [0.15, 0.2) is 12.1 Å². The van der Waals surface area contributed by atoms with E-state index in [-0.39, 0.29) is 6.04 Å². The first-order chi connectivity index (χ1) is 9.56. The molecule has 1 aliphatic rings. The Labute approximate surface area is 118 Å². The molecule has 1 aliphatic heterocycles. The minimum absolute atomic E-state index is 0.248. The number of morpholine rings is 1. The van der Waals surface area contributed by atoms with Crippen molar-refractivity contribution in [3.8, 4) is 0 Å². The summed E-state index contributed by atoms with van der Waals surface area (Å²) >= 11 is 0. The number of ether oxygens (including phenoxy) is 1. The molecule has 1 unspecified atom stereocenters. The number of hydrogen-bond acceptors (Lipinski definition) is 3. The van der Waals surface area contributed by atoms with Crippen LogP contribution in [0.1, 0.15) is 18.1 Å². The highest BCUT2D eigenvalue weighted by Gasteiger charge is 2.14. The van der Waals surface area contributed by atoms with E-state index in [9.17, 15) is 8.78 Å². The Kier molecular flexibility index (Phi) is 5.46. The summed E-state index contributed by atoms with van der Waals surface area (Å²) in [5.74, 6) is -0.980. The average Bonchev–Trinajstić information content (AvgIpc) is 2.42. The molecule has 0 aromatic heterocycles. The molecule has 1 atom stereocenters. The molecule has 20 heavy (non-hydrogen) atoms. The van der Waals surface area contributed by atoms with Crippen molar-refractivity contribution in [2.24, 2.45) is 0 Å². The zero-order valence-electron chi connectivity index (χ0n) is 12.1. The van der Waals surface area contributed by atoms with E-state index in [0.29, 0.717) is 17.7 Å². The fraction of sp³-hybridized carbons (Fsp3) is 0.600. The van der Waals surface area contributed by atoms with Gasteiger partial charge in [-0.1, -0.05) is 0 Å². The molecule has 1 heterocycles. The average molecular weight is 284 g/mol. The molecule has 1 aromatic carbocycles. The lowest BCUT2D eigenvalue weighted by atomic mass is 10.1. The zero-order chi connectivity index (χ0) is 14.5. The second-order valence-electron chi connectivity index (χ2n) is 5.39. The summed E-state index contributed by atoms with van der Waals surface area (Å²) in [4.78, 5) is 2.33. The molecular formula is C15H22F2N2O. The van der Waals surface area contributed by atoms with Gasteiger partial charge in [-0.2, -0.15) is 0 Å². The summed E-state index contributed by atoms with van der Waals surface area (Å²) in [5, 5.41) is 3.29. The highest BCUT2D eigenvalue weighted by Crippen LogP contribution is 2.14. The van der Waals surface area contributed by atoms with Crippen LogP contribution in [0.2, 0.25) is 0 Å². The molecule has 0 bridgehead atoms. The Bertz CT molecular complexity index is 448. The van der Waals surface area contributed by atoms with Gasteiger partial charge in [0.2, 0.25) is 0 Å². The summed E-state index contributed by atoms with van der Waals surface area (Å²) in [5.41, 5.74) is 0.988. The maximum absolute atomic E-state index is 13.6. The summed E-state index contributed by atoms with van der Waals surface area (Å²) < 4.78 is 32.1. The number of nitrogens with one attached hydrogen (secondary N) is 1. The van der Waals surface area contributed by atoms with Crippen LogP contribution in [-0.4, -0.2) is 43.8 Å². The van der Waals surface area contributed by atoms with Gasteiger partial charge in [0.15, 0.2) is 0 Å². The van der Waals surface area contributed by atoms with Gasteiger partial charge in [0.25, 0.3) is 0 Å². The molecule has 5 heteroatoms. The van der Waals surface area contributed by atoms with Gasteiger partial charge in [0.1, 0.15) is 11.6 Å². The van der Waals surface area contributed by atoms with E-state index in [4.69, 9.17) is 4.74 Å². The van der Waals surface area contributed by atoms with E-state index in [0.717, 1.165) is 38.9 Å². The highest BCUT2D eigenvalue weighted by atomic mass is 19.1. The molecule has 0 aliphatic carbocycles. The molecule has 1 saturated heterocycles. The van der Waals surface area contributed by atoms with Crippen LogP contribution in [-0.2, 0) is 11.3 Å². The summed E-state index contributed by atoms with van der Waals surface area (Å²) in [6.07, 6.45) is 0. The van der Waals surface area contributed by atoms with Gasteiger partial charge in [-0.05, 0) is 25.5 Å². The topological polar surface area (TPSA) is 24.5 Å². The number of aryl methyl sites for hydroxylation is 1. The molecule has 1 aromatic rings. The molecule has 1 fully saturated rings. The Morgan fingerprint density at radius 1 is 1.25 bits per heavy atom. The SMILES string of the molecule is Cc1cc(CNC(C)CN2CCOCC2)c(F)cc1F. The fourth-order valence-corrected chi connectivity index (χ4v) is 2.37. The van der Waals surface area contributed by atoms with Crippen molar-refractivity contribution in [2.45, 2.75) is 26.4 Å². The van der Waals surface area contributed by atoms with Crippen LogP contribution < -0.4 is 5.32 Å². The first kappa shape index (κ1) is 15.4. The van der Waals surface area contributed by atoms with Gasteiger partial charge < -0.3 is 10.1 Å². The zero-order valence-corrected chi connectivity index (χ0v) is 12.1. The molecule has 112 valence electrons. The van der Waals surface area contributed by atoms with Gasteiger partial charge in [-0.15, -0.1) is 0 Å². The van der Waals surface area contributed by atoms with Gasteiger partial charge in [-0.3, -0.25) is 4.90 Å². The third-order valence-electron chi connectivity index (χ3n) is 3.60. The van der Waals surface area contributed by atoms with Crippen LogP contribution in [0.5, 0.6) is 0 Å². The first-order valence-electron chi connectivity index (χ1n) is 7.04. The third-order valence-corrected chi connectivity index (χ3v) is 3.60. The van der Waals surface area contributed by atoms with Crippen LogP contribution >= 0.6 is 0 Å². The lowest BCUT2D eigenvalue weighted by Crippen LogP contribution is -2.44. The highest BCUT2D eigenvalue weighted by molar-refractivity contribution is 5.25. The van der Waals surface area contributed by atoms with E-state index in [1.54, 1.807) is 13.0 Å². The normalized spacial score (nSPS) is 18.2. The number of benzene rings is 1. The first-order valence-corrected chi connectivity index (χ1v) is 7.04. The second-order valence-corrected chi connectivity index (χ2v) is 5.39. The molecule has 0 spiro atoms. The number of rotatable bonds is 5. The maximum Gasteiger partial charge on any atom is 0.130 e. The Morgan fingerprint density at radius 3 is 2.65 bits per heavy atom. The Hall–Kier alpha value is -1.04. The lowest BCUT2D eigenvalue weighted by Gasteiger charge is -2.29. The second kappa shape index (κ2) is 7.11. The van der Waals surface area contributed by atoms with Gasteiger partial charge in [0.05, 0.1) is 13.2 Å². The van der Waals surface area contributed by atoms with E-state index in [1.165, 1.54) is 0 Å². The number of halogens is 2. The largest absolute Gasteiger partial charge is 0.379 e. The lowest BCUT2D eigenvalue weighted by molar-refractivity contribution is 0.0343. The molecule has 1 N–H and O–H groups in total. The predicted molar refractivity (Wildman–Crippen MR) is 74.7 cm³/mol. The van der Waals surface area contributed by atoms with Gasteiger partial charge in [-0.25, -0.2) is 8.78 Å². The minimum Gasteiger partial charge on any atom is -0.379 e. The quantitative estimate of drug-likeness (QED) is 0.896. The van der Waals surface area contributed by atoms with E-state index in [2.05, 4.69) is 17.1 Å². The van der Waals surface area contributed by atoms with E-state index >= 15 is 0 Å². The van der Waals surface area contributed by atoms with Crippen LogP contribution in [0.4, 0.5) is 8.78 Å². The predicted octanol–water partition coefficient (Wildman–Crippen LogP) is 2.08. The van der Waals surface area contributed by atoms with E-state index in [1.807, 2.05) is 0 Å². The smallest absolute Gasteiger partial charge is 0.130 e. The van der Waals surface area contributed by atoms with Crippen molar-refractivity contribution >= 4 is 0 Å². The summed E-state index contributed by atoms with van der Waals surface area (Å²) in [7, 11) is 0. The van der Waals surface area contributed by atoms with Crippen molar-refractivity contribution in [3.05, 3.63) is 34.9 Å². The third kappa shape index (κ3) is 4.23. The standard InChI is InChI=1S/C15H22F2N2O/c1-11-7-13(15(17)8-14(11)16)9-18-12(2)10-19-3-5-20-6-4-19/h7-8,12,18H,3-6,9-10H2,1-2H3. The minimum atomic E-state index is -0.493. The van der Waals surface area contributed by atoms with Crippen molar-refractivity contribution in [1.82, 2.24) is 10.2 Å². The Morgan fingerprint density at radius 2 is 1.95 bits per heavy atom. The fourth-order valence-electron chi connectivity index (χ4n) is 2.37. The van der Waals surface area contributed by atoms with Crippen LogP contribution in [0, 0.1) is 18.6 Å². The van der Waals surface area contributed by atoms with Gasteiger partial charge in [0, 0.05) is 43.9 Å². The maximum atomic E-state index is 13.6. The molecule has 0 saturated carbocycles. The van der Waals surface area contributed by atoms with Crippen molar-refractivity contribution in [2.75, 3.05) is 32.8 Å². The van der Waals surface area contributed by atoms with E-state index < -0.39 is 11.6 Å². The molecule has 0 amide bonds. The molecule has 0 radical (unpaired) electrons. The number of nitrogens with zero attached hydrogens (tertiary/aromatic N) is 1. The molecule has 2 rings (SSSR count). The van der Waals surface area contributed by atoms with Crippen molar-refractivity contribution in [1.29, 1.82) is 0 Å². The number of hydrogen-bond donors (Lipinski definition) is 1. The van der Waals surface area contributed by atoms with Crippen molar-refractivity contribution in [3.63, 3.8) is 0 Å². The Balaban J connectivity index is 1.83. The van der Waals surface area contributed by atoms with Crippen molar-refractivity contribution < 1.29 is 13.5 Å². The van der Waals surface area contributed by atoms with Gasteiger partial charge >= 0.3 is 0 Å². The summed E-state index contributed by atoms with van der Waals surface area (Å²) in [6, 6.07) is 2.77. The summed E-state index contributed by atoms with van der Waals surface area (Å²) in [6.45, 7) is 8.48.